The van der Waals surface area contributed by atoms with Crippen LogP contribution >= 0.6 is 15.9 Å². The van der Waals surface area contributed by atoms with Crippen LogP contribution in [0.3, 0.4) is 0 Å². The third-order valence-electron chi connectivity index (χ3n) is 5.44. The number of halogens is 2. The van der Waals surface area contributed by atoms with E-state index in [1.165, 1.54) is 6.42 Å². The van der Waals surface area contributed by atoms with Gasteiger partial charge in [-0.05, 0) is 67.8 Å². The maximum atomic E-state index is 12.9. The standard InChI is InChI=1S/C23H26BrN4O2.BrH/c1-30-20-12-6-17(7-13-20)21(29)16-28-23-5-3-2-4-14-27(23)22(26-28)15-25-19-10-8-18(24)9-11-19;/h6-13,25H,2-5,14-16H2,1H3;1H/q+1;/p-1. The summed E-state index contributed by atoms with van der Waals surface area (Å²) < 4.78 is 10.4. The molecule has 2 aromatic carbocycles. The second kappa shape index (κ2) is 10.9. The molecule has 0 saturated carbocycles. The van der Waals surface area contributed by atoms with Gasteiger partial charge in [-0.15, -0.1) is 4.68 Å². The number of hydrogen-bond acceptors (Lipinski definition) is 4. The van der Waals surface area contributed by atoms with Crippen LogP contribution < -0.4 is 31.6 Å². The Hall–Kier alpha value is -2.19. The van der Waals surface area contributed by atoms with Crippen molar-refractivity contribution in [2.24, 2.45) is 0 Å². The molecule has 1 aliphatic heterocycles. The number of methoxy groups -OCH3 is 1. The number of fused-ring (bicyclic) bond motifs is 1. The molecule has 1 aliphatic rings. The summed E-state index contributed by atoms with van der Waals surface area (Å²) >= 11 is 3.47. The second-order valence-corrected chi connectivity index (χ2v) is 8.38. The van der Waals surface area contributed by atoms with Gasteiger partial charge in [0.15, 0.2) is 12.3 Å². The molecule has 0 unspecified atom stereocenters. The quantitative estimate of drug-likeness (QED) is 0.355. The number of carbonyl (C=O) groups excluding carboxylic acids is 1. The normalized spacial score (nSPS) is 13.0. The number of benzene rings is 2. The summed E-state index contributed by atoms with van der Waals surface area (Å²) in [5.41, 5.74) is 1.72. The Kier molecular flexibility index (Phi) is 8.26. The molecule has 6 nitrogen and oxygen atoms in total. The van der Waals surface area contributed by atoms with Crippen molar-refractivity contribution in [1.82, 2.24) is 9.78 Å². The van der Waals surface area contributed by atoms with Crippen LogP contribution in [0.1, 0.15) is 41.3 Å². The lowest BCUT2D eigenvalue weighted by molar-refractivity contribution is -0.710. The molecule has 3 aromatic rings. The third-order valence-corrected chi connectivity index (χ3v) is 5.97. The molecule has 1 aromatic heterocycles. The molecule has 0 saturated heterocycles. The average Bonchev–Trinajstić information content (AvgIpc) is 2.93. The summed E-state index contributed by atoms with van der Waals surface area (Å²) in [4.78, 5) is 12.9. The van der Waals surface area contributed by atoms with Gasteiger partial charge in [0.1, 0.15) is 12.3 Å². The number of Topliss-reactive ketones (excluding diaryl/α,β-unsaturated/α-hetero) is 1. The summed E-state index contributed by atoms with van der Waals surface area (Å²) in [6, 6.07) is 15.4. The number of hydrogen-bond donors (Lipinski definition) is 1. The zero-order chi connectivity index (χ0) is 20.9. The number of nitrogens with one attached hydrogen (secondary N) is 1. The lowest BCUT2D eigenvalue weighted by Crippen LogP contribution is -3.00. The third kappa shape index (κ3) is 5.74. The van der Waals surface area contributed by atoms with E-state index in [1.54, 1.807) is 7.11 Å². The predicted molar refractivity (Wildman–Crippen MR) is 119 cm³/mol. The molecule has 4 rings (SSSR count). The Morgan fingerprint density at radius 1 is 1.13 bits per heavy atom. The first-order valence-electron chi connectivity index (χ1n) is 10.3. The van der Waals surface area contributed by atoms with Gasteiger partial charge >= 0.3 is 0 Å². The van der Waals surface area contributed by atoms with E-state index in [9.17, 15) is 4.79 Å². The van der Waals surface area contributed by atoms with Crippen molar-refractivity contribution < 1.29 is 31.1 Å². The fourth-order valence-corrected chi connectivity index (χ4v) is 4.07. The first kappa shape index (κ1) is 23.5. The number of ether oxygens (including phenoxy) is 1. The Morgan fingerprint density at radius 3 is 2.58 bits per heavy atom. The molecule has 0 bridgehead atoms. The monoisotopic (exact) mass is 548 g/mol. The lowest BCUT2D eigenvalue weighted by atomic mass is 10.1. The van der Waals surface area contributed by atoms with E-state index in [1.807, 2.05) is 53.2 Å². The Balaban J connectivity index is 0.00000272. The molecule has 1 N–H and O–H groups in total. The zero-order valence-corrected chi connectivity index (χ0v) is 20.7. The van der Waals surface area contributed by atoms with Gasteiger partial charge in [-0.25, -0.2) is 4.57 Å². The fraction of sp³-hybridized carbons (Fsp3) is 0.348. The largest absolute Gasteiger partial charge is 1.00 e. The molecule has 0 radical (unpaired) electrons. The lowest BCUT2D eigenvalue weighted by Gasteiger charge is -2.04. The van der Waals surface area contributed by atoms with Gasteiger partial charge in [-0.2, -0.15) is 0 Å². The SMILES string of the molecule is COc1ccc(C(=O)Cn2nc(CNc3ccc(Br)cc3)[n+]3c2CCCCC3)cc1.[Br-]. The van der Waals surface area contributed by atoms with Crippen molar-refractivity contribution in [2.45, 2.75) is 45.3 Å². The van der Waals surface area contributed by atoms with Crippen LogP contribution in [0.5, 0.6) is 5.75 Å². The predicted octanol–water partition coefficient (Wildman–Crippen LogP) is 1.17. The van der Waals surface area contributed by atoms with Gasteiger partial charge in [0.05, 0.1) is 13.7 Å². The fourth-order valence-electron chi connectivity index (χ4n) is 3.80. The highest BCUT2D eigenvalue weighted by atomic mass is 79.9. The van der Waals surface area contributed by atoms with Crippen molar-refractivity contribution in [2.75, 3.05) is 12.4 Å². The molecule has 0 fully saturated rings. The van der Waals surface area contributed by atoms with Crippen molar-refractivity contribution in [3.8, 4) is 5.75 Å². The van der Waals surface area contributed by atoms with Crippen molar-refractivity contribution in [1.29, 1.82) is 0 Å². The van der Waals surface area contributed by atoms with Crippen LogP contribution in [-0.2, 0) is 26.1 Å². The Bertz CT molecular complexity index is 1020. The maximum absolute atomic E-state index is 12.9. The van der Waals surface area contributed by atoms with E-state index in [0.29, 0.717) is 12.1 Å². The van der Waals surface area contributed by atoms with E-state index in [4.69, 9.17) is 9.84 Å². The van der Waals surface area contributed by atoms with Gasteiger partial charge in [-0.3, -0.25) is 4.79 Å². The molecule has 2 heterocycles. The topological polar surface area (TPSA) is 60.0 Å². The number of aromatic nitrogens is 3. The number of rotatable bonds is 7. The highest BCUT2D eigenvalue weighted by Gasteiger charge is 2.28. The zero-order valence-electron chi connectivity index (χ0n) is 17.5. The number of anilines is 1. The van der Waals surface area contributed by atoms with Gasteiger partial charge < -0.3 is 27.0 Å². The Labute approximate surface area is 201 Å². The minimum Gasteiger partial charge on any atom is -1.00 e. The first-order valence-corrected chi connectivity index (χ1v) is 11.1. The minimum atomic E-state index is 0. The molecule has 0 aliphatic carbocycles. The van der Waals surface area contributed by atoms with Crippen molar-refractivity contribution in [3.63, 3.8) is 0 Å². The van der Waals surface area contributed by atoms with Crippen LogP contribution in [0.25, 0.3) is 0 Å². The summed E-state index contributed by atoms with van der Waals surface area (Å²) in [7, 11) is 1.62. The van der Waals surface area contributed by atoms with Crippen LogP contribution in [0.15, 0.2) is 53.0 Å². The van der Waals surface area contributed by atoms with Gasteiger partial charge in [-0.1, -0.05) is 15.9 Å². The highest BCUT2D eigenvalue weighted by molar-refractivity contribution is 9.10. The van der Waals surface area contributed by atoms with Crippen LogP contribution in [0.4, 0.5) is 5.69 Å². The number of ketones is 1. The van der Waals surface area contributed by atoms with E-state index in [0.717, 1.165) is 53.4 Å². The van der Waals surface area contributed by atoms with Crippen molar-refractivity contribution >= 4 is 27.4 Å². The summed E-state index contributed by atoms with van der Waals surface area (Å²) in [6.45, 7) is 1.82. The Morgan fingerprint density at radius 2 is 1.87 bits per heavy atom. The molecular formula is C23H26Br2N4O2. The van der Waals surface area contributed by atoms with Gasteiger partial charge in [0, 0.05) is 27.2 Å². The molecule has 8 heteroatoms. The van der Waals surface area contributed by atoms with Crippen LogP contribution in [0.2, 0.25) is 0 Å². The smallest absolute Gasteiger partial charge is 0.296 e. The summed E-state index contributed by atoms with van der Waals surface area (Å²) in [5, 5.41) is 8.28. The van der Waals surface area contributed by atoms with Gasteiger partial charge in [0.2, 0.25) is 5.82 Å². The van der Waals surface area contributed by atoms with Crippen LogP contribution in [0, 0.1) is 0 Å². The summed E-state index contributed by atoms with van der Waals surface area (Å²) in [5.74, 6) is 2.91. The molecule has 0 spiro atoms. The highest BCUT2D eigenvalue weighted by Crippen LogP contribution is 2.16. The van der Waals surface area contributed by atoms with E-state index in [-0.39, 0.29) is 29.3 Å². The first-order chi connectivity index (χ1) is 14.6. The van der Waals surface area contributed by atoms with Crippen LogP contribution in [-0.4, -0.2) is 22.7 Å². The molecular weight excluding hydrogens is 524 g/mol. The maximum Gasteiger partial charge on any atom is 0.296 e. The van der Waals surface area contributed by atoms with E-state index in [2.05, 4.69) is 25.8 Å². The number of carbonyl (C=O) groups is 1. The number of nitrogens with zero attached hydrogens (tertiary/aromatic N) is 3. The second-order valence-electron chi connectivity index (χ2n) is 7.46. The minimum absolute atomic E-state index is 0. The van der Waals surface area contributed by atoms with E-state index >= 15 is 0 Å². The molecule has 0 amide bonds. The average molecular weight is 550 g/mol. The van der Waals surface area contributed by atoms with Gasteiger partial charge in [0.25, 0.3) is 5.82 Å². The summed E-state index contributed by atoms with van der Waals surface area (Å²) in [6.07, 6.45) is 4.41. The molecule has 0 atom stereocenters. The van der Waals surface area contributed by atoms with Crippen molar-refractivity contribution in [3.05, 3.63) is 70.2 Å². The van der Waals surface area contributed by atoms with E-state index < -0.39 is 0 Å². The molecule has 31 heavy (non-hydrogen) atoms. The molecule has 164 valence electrons.